The van der Waals surface area contributed by atoms with Crippen LogP contribution in [0.2, 0.25) is 0 Å². The van der Waals surface area contributed by atoms with Gasteiger partial charge in [-0.05, 0) is 6.92 Å². The first kappa shape index (κ1) is 6.14. The average Bonchev–Trinajstić information content (AvgIpc) is 1.69. The van der Waals surface area contributed by atoms with E-state index >= 15 is 0 Å². The SMILES string of the molecule is CCN=CC=NN. The average molecular weight is 99.1 g/mol. The number of rotatable bonds is 2. The minimum absolute atomic E-state index is 0.784. The summed E-state index contributed by atoms with van der Waals surface area (Å²) < 4.78 is 0. The Hall–Kier alpha value is -0.860. The van der Waals surface area contributed by atoms with Crippen LogP contribution in [0.5, 0.6) is 0 Å². The fourth-order valence-electron chi connectivity index (χ4n) is 0.191. The monoisotopic (exact) mass is 99.1 g/mol. The molecule has 0 amide bonds. The highest BCUT2D eigenvalue weighted by atomic mass is 15.1. The maximum absolute atomic E-state index is 4.75. The predicted molar refractivity (Wildman–Crippen MR) is 31.7 cm³/mol. The molecule has 0 aliphatic rings. The van der Waals surface area contributed by atoms with Gasteiger partial charge in [0.25, 0.3) is 0 Å². The molecule has 0 saturated heterocycles. The highest BCUT2D eigenvalue weighted by Gasteiger charge is 1.58. The number of aliphatic imine (C=N–C) groups is 1. The third-order valence-corrected chi connectivity index (χ3v) is 0.441. The van der Waals surface area contributed by atoms with Crippen LogP contribution in [0.3, 0.4) is 0 Å². The van der Waals surface area contributed by atoms with Crippen molar-refractivity contribution in [1.29, 1.82) is 0 Å². The molecular weight excluding hydrogens is 90.1 g/mol. The van der Waals surface area contributed by atoms with Crippen LogP contribution in [0.15, 0.2) is 10.1 Å². The zero-order chi connectivity index (χ0) is 5.54. The summed E-state index contributed by atoms with van der Waals surface area (Å²) in [6.07, 6.45) is 3.02. The van der Waals surface area contributed by atoms with Crippen molar-refractivity contribution < 1.29 is 0 Å². The first-order valence-electron chi connectivity index (χ1n) is 2.13. The second-order valence-electron chi connectivity index (χ2n) is 0.946. The van der Waals surface area contributed by atoms with Crippen molar-refractivity contribution >= 4 is 12.4 Å². The molecule has 3 heteroatoms. The summed E-state index contributed by atoms with van der Waals surface area (Å²) >= 11 is 0. The Morgan fingerprint density at radius 2 is 2.29 bits per heavy atom. The molecule has 0 fully saturated rings. The largest absolute Gasteiger partial charge is 0.323 e. The summed E-state index contributed by atoms with van der Waals surface area (Å²) in [4.78, 5) is 3.81. The summed E-state index contributed by atoms with van der Waals surface area (Å²) in [5.41, 5.74) is 0. The Kier molecular flexibility index (Phi) is 4.51. The molecule has 0 heterocycles. The molecule has 0 aliphatic carbocycles. The molecule has 0 unspecified atom stereocenters. The lowest BCUT2D eigenvalue weighted by Crippen LogP contribution is -1.83. The van der Waals surface area contributed by atoms with Gasteiger partial charge in [0.1, 0.15) is 0 Å². The van der Waals surface area contributed by atoms with E-state index in [0.717, 1.165) is 6.54 Å². The van der Waals surface area contributed by atoms with Crippen molar-refractivity contribution in [3.05, 3.63) is 0 Å². The van der Waals surface area contributed by atoms with Gasteiger partial charge in [-0.3, -0.25) is 4.99 Å². The fourth-order valence-corrected chi connectivity index (χ4v) is 0.191. The van der Waals surface area contributed by atoms with Gasteiger partial charge in [0, 0.05) is 12.8 Å². The van der Waals surface area contributed by atoms with Gasteiger partial charge in [-0.25, -0.2) is 0 Å². The van der Waals surface area contributed by atoms with Gasteiger partial charge in [-0.2, -0.15) is 5.10 Å². The highest BCUT2D eigenvalue weighted by Crippen LogP contribution is 1.57. The first-order chi connectivity index (χ1) is 3.41. The Labute approximate surface area is 42.9 Å². The van der Waals surface area contributed by atoms with Gasteiger partial charge >= 0.3 is 0 Å². The molecule has 0 aromatic heterocycles. The summed E-state index contributed by atoms with van der Waals surface area (Å²) in [5.74, 6) is 4.75. The Morgan fingerprint density at radius 3 is 2.71 bits per heavy atom. The second-order valence-corrected chi connectivity index (χ2v) is 0.946. The van der Waals surface area contributed by atoms with E-state index in [1.165, 1.54) is 6.21 Å². The van der Waals surface area contributed by atoms with E-state index in [2.05, 4.69) is 10.1 Å². The molecule has 3 nitrogen and oxygen atoms in total. The highest BCUT2D eigenvalue weighted by molar-refractivity contribution is 6.15. The molecule has 7 heavy (non-hydrogen) atoms. The van der Waals surface area contributed by atoms with Gasteiger partial charge in [0.05, 0.1) is 6.21 Å². The number of nitrogens with zero attached hydrogens (tertiary/aromatic N) is 2. The zero-order valence-electron chi connectivity index (χ0n) is 4.33. The van der Waals surface area contributed by atoms with E-state index in [1.807, 2.05) is 6.92 Å². The van der Waals surface area contributed by atoms with Crippen molar-refractivity contribution in [2.45, 2.75) is 6.92 Å². The molecule has 2 N–H and O–H groups in total. The molecule has 0 aromatic carbocycles. The fraction of sp³-hybridized carbons (Fsp3) is 0.500. The van der Waals surface area contributed by atoms with Crippen molar-refractivity contribution in [2.75, 3.05) is 6.54 Å². The van der Waals surface area contributed by atoms with Gasteiger partial charge in [0.2, 0.25) is 0 Å². The van der Waals surface area contributed by atoms with Crippen molar-refractivity contribution in [1.82, 2.24) is 0 Å². The van der Waals surface area contributed by atoms with Crippen LogP contribution < -0.4 is 5.84 Å². The standard InChI is InChI=1S/C4H9N3/c1-2-6-3-4-7-5/h3-4H,2,5H2,1H3. The number of hydrazone groups is 1. The smallest absolute Gasteiger partial charge is 0.0644 e. The van der Waals surface area contributed by atoms with Crippen molar-refractivity contribution in [3.8, 4) is 0 Å². The summed E-state index contributed by atoms with van der Waals surface area (Å²) in [6.45, 7) is 2.73. The van der Waals surface area contributed by atoms with Crippen molar-refractivity contribution in [2.24, 2.45) is 15.9 Å². The van der Waals surface area contributed by atoms with Gasteiger partial charge in [0.15, 0.2) is 0 Å². The first-order valence-corrected chi connectivity index (χ1v) is 2.13. The molecular formula is C4H9N3. The van der Waals surface area contributed by atoms with Gasteiger partial charge in [-0.15, -0.1) is 0 Å². The lowest BCUT2D eigenvalue weighted by atomic mass is 10.7. The van der Waals surface area contributed by atoms with E-state index in [9.17, 15) is 0 Å². The van der Waals surface area contributed by atoms with Crippen molar-refractivity contribution in [3.63, 3.8) is 0 Å². The molecule has 40 valence electrons. The van der Waals surface area contributed by atoms with Crippen LogP contribution in [0.1, 0.15) is 6.92 Å². The third kappa shape index (κ3) is 5.14. The minimum Gasteiger partial charge on any atom is -0.323 e. The molecule has 0 rings (SSSR count). The topological polar surface area (TPSA) is 50.7 Å². The summed E-state index contributed by atoms with van der Waals surface area (Å²) in [6, 6.07) is 0. The number of nitrogens with two attached hydrogens (primary N) is 1. The Balaban J connectivity index is 3.09. The van der Waals surface area contributed by atoms with E-state index in [0.29, 0.717) is 0 Å². The maximum Gasteiger partial charge on any atom is 0.0644 e. The normalized spacial score (nSPS) is 11.6. The van der Waals surface area contributed by atoms with Crippen LogP contribution in [-0.4, -0.2) is 19.0 Å². The zero-order valence-corrected chi connectivity index (χ0v) is 4.33. The predicted octanol–water partition coefficient (Wildman–Crippen LogP) is 0.0216. The molecule has 0 bridgehead atoms. The molecule has 0 radical (unpaired) electrons. The van der Waals surface area contributed by atoms with Gasteiger partial charge in [-0.1, -0.05) is 0 Å². The molecule has 0 aromatic rings. The third-order valence-electron chi connectivity index (χ3n) is 0.441. The number of hydrogen-bond donors (Lipinski definition) is 1. The molecule has 0 atom stereocenters. The molecule has 0 saturated carbocycles. The quantitative estimate of drug-likeness (QED) is 0.296. The van der Waals surface area contributed by atoms with Crippen LogP contribution in [0.4, 0.5) is 0 Å². The Morgan fingerprint density at radius 1 is 1.57 bits per heavy atom. The second kappa shape index (κ2) is 5.14. The minimum atomic E-state index is 0.784. The summed E-state index contributed by atoms with van der Waals surface area (Å²) in [7, 11) is 0. The van der Waals surface area contributed by atoms with E-state index in [-0.39, 0.29) is 0 Å². The maximum atomic E-state index is 4.75. The lowest BCUT2D eigenvalue weighted by Gasteiger charge is -1.72. The van der Waals surface area contributed by atoms with Gasteiger partial charge < -0.3 is 5.84 Å². The molecule has 0 aliphatic heterocycles. The van der Waals surface area contributed by atoms with Crippen LogP contribution in [0.25, 0.3) is 0 Å². The Bertz CT molecular complexity index is 75.0. The lowest BCUT2D eigenvalue weighted by molar-refractivity contribution is 1.14. The molecule has 0 spiro atoms. The van der Waals surface area contributed by atoms with Crippen LogP contribution in [-0.2, 0) is 0 Å². The van der Waals surface area contributed by atoms with Crippen LogP contribution in [0, 0.1) is 0 Å². The summed E-state index contributed by atoms with van der Waals surface area (Å²) in [5, 5.41) is 3.20. The van der Waals surface area contributed by atoms with E-state index < -0.39 is 0 Å². The van der Waals surface area contributed by atoms with Crippen LogP contribution >= 0.6 is 0 Å². The van der Waals surface area contributed by atoms with E-state index in [4.69, 9.17) is 5.84 Å². The number of hydrogen-bond acceptors (Lipinski definition) is 3. The van der Waals surface area contributed by atoms with E-state index in [1.54, 1.807) is 6.21 Å².